The van der Waals surface area contributed by atoms with Crippen molar-refractivity contribution in [2.24, 2.45) is 13.0 Å². The normalized spacial score (nSPS) is 18.4. The molecule has 2 heterocycles. The summed E-state index contributed by atoms with van der Waals surface area (Å²) >= 11 is 0. The highest BCUT2D eigenvalue weighted by molar-refractivity contribution is 5.89. The monoisotopic (exact) mass is 340 g/mol. The lowest BCUT2D eigenvalue weighted by Gasteiger charge is -2.18. The van der Waals surface area contributed by atoms with Crippen molar-refractivity contribution >= 4 is 11.8 Å². The summed E-state index contributed by atoms with van der Waals surface area (Å²) in [6.45, 7) is 4.95. The SMILES string of the molecule is Cc1c([C@@H](C)NC(=O)[C@H]2CC(=O)N(Cc3ccccc3)C2)cnn1C. The highest BCUT2D eigenvalue weighted by Gasteiger charge is 2.34. The number of aromatic nitrogens is 2. The van der Waals surface area contributed by atoms with Gasteiger partial charge in [0.25, 0.3) is 0 Å². The van der Waals surface area contributed by atoms with E-state index in [9.17, 15) is 9.59 Å². The van der Waals surface area contributed by atoms with Gasteiger partial charge in [0.05, 0.1) is 18.2 Å². The third kappa shape index (κ3) is 3.73. The predicted molar refractivity (Wildman–Crippen MR) is 94.5 cm³/mol. The van der Waals surface area contributed by atoms with Crippen molar-refractivity contribution in [3.05, 3.63) is 53.3 Å². The Morgan fingerprint density at radius 3 is 2.72 bits per heavy atom. The molecule has 0 radical (unpaired) electrons. The van der Waals surface area contributed by atoms with Crippen molar-refractivity contribution in [2.75, 3.05) is 6.54 Å². The van der Waals surface area contributed by atoms with Gasteiger partial charge in [0.15, 0.2) is 0 Å². The van der Waals surface area contributed by atoms with Crippen LogP contribution in [0.15, 0.2) is 36.5 Å². The molecule has 1 N–H and O–H groups in total. The highest BCUT2D eigenvalue weighted by atomic mass is 16.2. The molecule has 0 bridgehead atoms. The molecule has 1 aliphatic rings. The van der Waals surface area contributed by atoms with E-state index in [-0.39, 0.29) is 30.2 Å². The molecule has 25 heavy (non-hydrogen) atoms. The van der Waals surface area contributed by atoms with Crippen molar-refractivity contribution in [1.82, 2.24) is 20.0 Å². The van der Waals surface area contributed by atoms with Gasteiger partial charge in [-0.15, -0.1) is 0 Å². The molecule has 0 unspecified atom stereocenters. The molecule has 2 atom stereocenters. The van der Waals surface area contributed by atoms with Crippen molar-refractivity contribution in [3.8, 4) is 0 Å². The van der Waals surface area contributed by atoms with Crippen LogP contribution in [-0.2, 0) is 23.2 Å². The van der Waals surface area contributed by atoms with E-state index in [4.69, 9.17) is 0 Å². The summed E-state index contributed by atoms with van der Waals surface area (Å²) in [5.41, 5.74) is 3.11. The second kappa shape index (κ2) is 7.09. The van der Waals surface area contributed by atoms with E-state index in [1.807, 2.05) is 51.2 Å². The number of hydrogen-bond acceptors (Lipinski definition) is 3. The van der Waals surface area contributed by atoms with Gasteiger partial charge in [-0.2, -0.15) is 5.10 Å². The second-order valence-electron chi connectivity index (χ2n) is 6.70. The number of rotatable bonds is 5. The Bertz CT molecular complexity index is 769. The van der Waals surface area contributed by atoms with Gasteiger partial charge in [-0.1, -0.05) is 30.3 Å². The first-order valence-corrected chi connectivity index (χ1v) is 8.56. The zero-order valence-corrected chi connectivity index (χ0v) is 14.9. The largest absolute Gasteiger partial charge is 0.349 e. The Morgan fingerprint density at radius 2 is 2.08 bits per heavy atom. The molecule has 1 fully saturated rings. The first kappa shape index (κ1) is 17.2. The minimum atomic E-state index is -0.296. The maximum Gasteiger partial charge on any atom is 0.225 e. The fourth-order valence-electron chi connectivity index (χ4n) is 3.25. The molecule has 6 heteroatoms. The summed E-state index contributed by atoms with van der Waals surface area (Å²) in [5, 5.41) is 7.24. The number of hydrogen-bond donors (Lipinski definition) is 1. The molecule has 1 saturated heterocycles. The molecule has 2 amide bonds. The Labute approximate surface area is 147 Å². The highest BCUT2D eigenvalue weighted by Crippen LogP contribution is 2.22. The average Bonchev–Trinajstić information content (AvgIpc) is 3.12. The van der Waals surface area contributed by atoms with Gasteiger partial charge in [0.2, 0.25) is 11.8 Å². The van der Waals surface area contributed by atoms with Crippen LogP contribution in [0.5, 0.6) is 0 Å². The zero-order valence-electron chi connectivity index (χ0n) is 14.9. The van der Waals surface area contributed by atoms with E-state index >= 15 is 0 Å². The number of amides is 2. The van der Waals surface area contributed by atoms with Gasteiger partial charge in [0, 0.05) is 37.8 Å². The first-order chi connectivity index (χ1) is 12.0. The predicted octanol–water partition coefficient (Wildman–Crippen LogP) is 1.95. The van der Waals surface area contributed by atoms with Gasteiger partial charge in [-0.3, -0.25) is 14.3 Å². The first-order valence-electron chi connectivity index (χ1n) is 8.56. The number of aryl methyl sites for hydroxylation is 1. The van der Waals surface area contributed by atoms with Crippen molar-refractivity contribution in [2.45, 2.75) is 32.9 Å². The molecule has 0 spiro atoms. The Hall–Kier alpha value is -2.63. The second-order valence-corrected chi connectivity index (χ2v) is 6.70. The Kier molecular flexibility index (Phi) is 4.88. The number of carbonyl (C=O) groups excluding carboxylic acids is 2. The number of benzene rings is 1. The van der Waals surface area contributed by atoms with Gasteiger partial charge in [-0.25, -0.2) is 0 Å². The standard InChI is InChI=1S/C19H24N4O2/c1-13(17-10-20-22(3)14(17)2)21-19(25)16-9-18(24)23(12-16)11-15-7-5-4-6-8-15/h4-8,10,13,16H,9,11-12H2,1-3H3,(H,21,25)/t13-,16+/m1/s1. The van der Waals surface area contributed by atoms with Crippen LogP contribution in [0, 0.1) is 12.8 Å². The third-order valence-corrected chi connectivity index (χ3v) is 4.90. The molecule has 1 aromatic heterocycles. The lowest BCUT2D eigenvalue weighted by Crippen LogP contribution is -2.34. The number of carbonyl (C=O) groups is 2. The van der Waals surface area contributed by atoms with Crippen molar-refractivity contribution in [3.63, 3.8) is 0 Å². The fraction of sp³-hybridized carbons (Fsp3) is 0.421. The Balaban J connectivity index is 1.60. The average molecular weight is 340 g/mol. The van der Waals surface area contributed by atoms with Gasteiger partial charge in [0.1, 0.15) is 0 Å². The van der Waals surface area contributed by atoms with E-state index in [0.717, 1.165) is 16.8 Å². The number of likely N-dealkylation sites (tertiary alicyclic amines) is 1. The number of nitrogens with zero attached hydrogens (tertiary/aromatic N) is 3. The number of nitrogens with one attached hydrogen (secondary N) is 1. The van der Waals surface area contributed by atoms with Gasteiger partial charge in [-0.05, 0) is 19.4 Å². The Morgan fingerprint density at radius 1 is 1.36 bits per heavy atom. The maximum atomic E-state index is 12.6. The van der Waals surface area contributed by atoms with E-state index in [0.29, 0.717) is 13.1 Å². The molecular formula is C19H24N4O2. The molecular weight excluding hydrogens is 316 g/mol. The molecule has 0 aliphatic carbocycles. The molecule has 2 aromatic rings. The van der Waals surface area contributed by atoms with Gasteiger partial charge >= 0.3 is 0 Å². The van der Waals surface area contributed by atoms with E-state index in [1.165, 1.54) is 0 Å². The molecule has 1 aliphatic heterocycles. The topological polar surface area (TPSA) is 67.2 Å². The van der Waals surface area contributed by atoms with Crippen LogP contribution in [0.2, 0.25) is 0 Å². The summed E-state index contributed by atoms with van der Waals surface area (Å²) in [7, 11) is 1.88. The molecule has 1 aromatic carbocycles. The zero-order chi connectivity index (χ0) is 18.0. The van der Waals surface area contributed by atoms with E-state index in [1.54, 1.807) is 15.8 Å². The van der Waals surface area contributed by atoms with Crippen molar-refractivity contribution in [1.29, 1.82) is 0 Å². The minimum Gasteiger partial charge on any atom is -0.349 e. The molecule has 3 rings (SSSR count). The van der Waals surface area contributed by atoms with Crippen LogP contribution < -0.4 is 5.32 Å². The maximum absolute atomic E-state index is 12.6. The lowest BCUT2D eigenvalue weighted by molar-refractivity contribution is -0.129. The molecule has 132 valence electrons. The molecule has 6 nitrogen and oxygen atoms in total. The quantitative estimate of drug-likeness (QED) is 0.905. The summed E-state index contributed by atoms with van der Waals surface area (Å²) in [5.74, 6) is -0.329. The smallest absolute Gasteiger partial charge is 0.225 e. The summed E-state index contributed by atoms with van der Waals surface area (Å²) < 4.78 is 1.79. The summed E-state index contributed by atoms with van der Waals surface area (Å²) in [6, 6.07) is 9.73. The third-order valence-electron chi connectivity index (χ3n) is 4.90. The summed E-state index contributed by atoms with van der Waals surface area (Å²) in [6.07, 6.45) is 2.05. The minimum absolute atomic E-state index is 0.0363. The lowest BCUT2D eigenvalue weighted by atomic mass is 10.1. The van der Waals surface area contributed by atoms with Crippen LogP contribution >= 0.6 is 0 Å². The van der Waals surface area contributed by atoms with Crippen LogP contribution in [0.3, 0.4) is 0 Å². The van der Waals surface area contributed by atoms with Crippen LogP contribution in [0.25, 0.3) is 0 Å². The summed E-state index contributed by atoms with van der Waals surface area (Å²) in [4.78, 5) is 26.6. The van der Waals surface area contributed by atoms with Crippen molar-refractivity contribution < 1.29 is 9.59 Å². The fourth-order valence-corrected chi connectivity index (χ4v) is 3.25. The molecule has 0 saturated carbocycles. The van der Waals surface area contributed by atoms with Crippen LogP contribution in [-0.4, -0.2) is 33.0 Å². The van der Waals surface area contributed by atoms with Gasteiger partial charge < -0.3 is 10.2 Å². The van der Waals surface area contributed by atoms with E-state index in [2.05, 4.69) is 10.4 Å². The van der Waals surface area contributed by atoms with Crippen LogP contribution in [0.4, 0.5) is 0 Å². The van der Waals surface area contributed by atoms with Crippen LogP contribution in [0.1, 0.15) is 36.2 Å². The van der Waals surface area contributed by atoms with E-state index < -0.39 is 0 Å².